The molecule has 0 aliphatic rings. The minimum absolute atomic E-state index is 0.0493. The zero-order chi connectivity index (χ0) is 15.7. The summed E-state index contributed by atoms with van der Waals surface area (Å²) >= 11 is 0. The fourth-order valence-electron chi connectivity index (χ4n) is 1.77. The lowest BCUT2D eigenvalue weighted by Crippen LogP contribution is -2.44. The van der Waals surface area contributed by atoms with E-state index in [0.717, 1.165) is 4.68 Å². The van der Waals surface area contributed by atoms with E-state index in [9.17, 15) is 18.0 Å². The molecule has 20 heavy (non-hydrogen) atoms. The minimum atomic E-state index is -4.54. The van der Waals surface area contributed by atoms with Crippen LogP contribution in [0.5, 0.6) is 0 Å². The summed E-state index contributed by atoms with van der Waals surface area (Å²) in [7, 11) is 2.83. The van der Waals surface area contributed by atoms with Crippen LogP contribution in [0.3, 0.4) is 0 Å². The van der Waals surface area contributed by atoms with Gasteiger partial charge in [-0.3, -0.25) is 9.48 Å². The number of amides is 1. The number of hydrogen-bond donors (Lipinski definition) is 1. The topological polar surface area (TPSA) is 64.2 Å². The van der Waals surface area contributed by atoms with Gasteiger partial charge in [0.1, 0.15) is 0 Å². The molecule has 0 saturated heterocycles. The number of aromatic nitrogens is 2. The first-order valence-corrected chi connectivity index (χ1v) is 6.14. The molecule has 1 heterocycles. The summed E-state index contributed by atoms with van der Waals surface area (Å²) in [5, 5.41) is 3.40. The van der Waals surface area contributed by atoms with Gasteiger partial charge in [-0.2, -0.15) is 18.3 Å². The van der Waals surface area contributed by atoms with Gasteiger partial charge in [0, 0.05) is 32.4 Å². The van der Waals surface area contributed by atoms with Gasteiger partial charge in [0.2, 0.25) is 5.91 Å². The fourth-order valence-corrected chi connectivity index (χ4v) is 1.77. The molecular formula is C12H19F3N4O. The summed E-state index contributed by atoms with van der Waals surface area (Å²) < 4.78 is 39.5. The second-order valence-corrected chi connectivity index (χ2v) is 5.14. The van der Waals surface area contributed by atoms with Crippen LogP contribution in [0, 0.1) is 5.92 Å². The van der Waals surface area contributed by atoms with Gasteiger partial charge >= 0.3 is 6.18 Å². The summed E-state index contributed by atoms with van der Waals surface area (Å²) in [6.07, 6.45) is -3.28. The van der Waals surface area contributed by atoms with Crippen molar-refractivity contribution in [1.29, 1.82) is 0 Å². The highest BCUT2D eigenvalue weighted by molar-refractivity contribution is 5.81. The third kappa shape index (κ3) is 3.72. The first kappa shape index (κ1) is 16.5. The Bertz CT molecular complexity index is 482. The number of nitrogens with zero attached hydrogens (tertiary/aromatic N) is 3. The summed E-state index contributed by atoms with van der Waals surface area (Å²) in [5.74, 6) is -0.474. The standard InChI is InChI=1S/C12H19F3N4O/c1-7(2)9(16)11(20)18(3)5-8-6-19(4)17-10(8)12(13,14)15/h6-7,9H,5,16H2,1-4H3/t9-/m0/s1. The largest absolute Gasteiger partial charge is 0.435 e. The van der Waals surface area contributed by atoms with Crippen molar-refractivity contribution in [1.82, 2.24) is 14.7 Å². The fraction of sp³-hybridized carbons (Fsp3) is 0.667. The maximum absolute atomic E-state index is 12.8. The molecule has 5 nitrogen and oxygen atoms in total. The van der Waals surface area contributed by atoms with E-state index in [1.165, 1.54) is 25.2 Å². The average Bonchev–Trinajstić information content (AvgIpc) is 2.67. The Morgan fingerprint density at radius 3 is 2.50 bits per heavy atom. The maximum Gasteiger partial charge on any atom is 0.435 e. The highest BCUT2D eigenvalue weighted by Gasteiger charge is 2.37. The molecular weight excluding hydrogens is 273 g/mol. The number of nitrogens with two attached hydrogens (primary N) is 1. The molecule has 1 aromatic heterocycles. The van der Waals surface area contributed by atoms with Gasteiger partial charge in [-0.25, -0.2) is 0 Å². The molecule has 1 rings (SSSR count). The van der Waals surface area contributed by atoms with Crippen molar-refractivity contribution in [3.05, 3.63) is 17.5 Å². The van der Waals surface area contributed by atoms with Crippen LogP contribution >= 0.6 is 0 Å². The molecule has 0 spiro atoms. The summed E-state index contributed by atoms with van der Waals surface area (Å²) in [5.41, 5.74) is 4.69. The van der Waals surface area contributed by atoms with E-state index in [1.54, 1.807) is 13.8 Å². The molecule has 0 bridgehead atoms. The molecule has 1 atom stereocenters. The first-order valence-electron chi connectivity index (χ1n) is 6.14. The van der Waals surface area contributed by atoms with Crippen LogP contribution in [0.15, 0.2) is 6.20 Å². The molecule has 0 radical (unpaired) electrons. The van der Waals surface area contributed by atoms with Gasteiger partial charge in [-0.05, 0) is 5.92 Å². The minimum Gasteiger partial charge on any atom is -0.340 e. The lowest BCUT2D eigenvalue weighted by atomic mass is 10.0. The van der Waals surface area contributed by atoms with E-state index in [-0.39, 0.29) is 18.0 Å². The molecule has 0 unspecified atom stereocenters. The number of alkyl halides is 3. The molecule has 0 fully saturated rings. The number of carbonyl (C=O) groups excluding carboxylic acids is 1. The maximum atomic E-state index is 12.8. The zero-order valence-electron chi connectivity index (χ0n) is 11.9. The smallest absolute Gasteiger partial charge is 0.340 e. The molecule has 1 amide bonds. The molecule has 1 aromatic rings. The van der Waals surface area contributed by atoms with Gasteiger partial charge in [-0.15, -0.1) is 0 Å². The lowest BCUT2D eigenvalue weighted by molar-refractivity contribution is -0.143. The molecule has 2 N–H and O–H groups in total. The van der Waals surface area contributed by atoms with E-state index < -0.39 is 23.8 Å². The van der Waals surface area contributed by atoms with Crippen LogP contribution in [0.2, 0.25) is 0 Å². The number of likely N-dealkylation sites (N-methyl/N-ethyl adjacent to an activating group) is 1. The van der Waals surface area contributed by atoms with Gasteiger partial charge < -0.3 is 10.6 Å². The molecule has 0 saturated carbocycles. The number of carbonyl (C=O) groups is 1. The van der Waals surface area contributed by atoms with E-state index in [4.69, 9.17) is 5.73 Å². The van der Waals surface area contributed by atoms with Crippen molar-refractivity contribution in [2.24, 2.45) is 18.7 Å². The Morgan fingerprint density at radius 1 is 1.50 bits per heavy atom. The molecule has 0 aliphatic heterocycles. The number of aryl methyl sites for hydroxylation is 1. The van der Waals surface area contributed by atoms with Crippen LogP contribution in [0.1, 0.15) is 25.1 Å². The summed E-state index contributed by atoms with van der Waals surface area (Å²) in [6.45, 7) is 3.38. The average molecular weight is 292 g/mol. The van der Waals surface area contributed by atoms with E-state index in [0.29, 0.717) is 0 Å². The van der Waals surface area contributed by atoms with Crippen molar-refractivity contribution in [2.45, 2.75) is 32.6 Å². The van der Waals surface area contributed by atoms with Crippen molar-refractivity contribution < 1.29 is 18.0 Å². The molecule has 0 aromatic carbocycles. The van der Waals surface area contributed by atoms with Crippen LogP contribution in [-0.2, 0) is 24.6 Å². The van der Waals surface area contributed by atoms with E-state index in [2.05, 4.69) is 5.10 Å². The third-order valence-corrected chi connectivity index (χ3v) is 2.96. The van der Waals surface area contributed by atoms with Gasteiger partial charge in [0.05, 0.1) is 6.04 Å². The Balaban J connectivity index is 2.91. The highest BCUT2D eigenvalue weighted by Crippen LogP contribution is 2.31. The van der Waals surface area contributed by atoms with E-state index in [1.807, 2.05) is 0 Å². The molecule has 114 valence electrons. The quantitative estimate of drug-likeness (QED) is 0.912. The second-order valence-electron chi connectivity index (χ2n) is 5.14. The van der Waals surface area contributed by atoms with Gasteiger partial charge in [0.25, 0.3) is 0 Å². The van der Waals surface area contributed by atoms with Crippen LogP contribution in [0.25, 0.3) is 0 Å². The Labute approximate surface area is 115 Å². The van der Waals surface area contributed by atoms with Crippen molar-refractivity contribution in [2.75, 3.05) is 7.05 Å². The highest BCUT2D eigenvalue weighted by atomic mass is 19.4. The van der Waals surface area contributed by atoms with E-state index >= 15 is 0 Å². The predicted octanol–water partition coefficient (Wildman–Crippen LogP) is 1.38. The van der Waals surface area contributed by atoms with Gasteiger partial charge in [0.15, 0.2) is 5.69 Å². The van der Waals surface area contributed by atoms with Crippen LogP contribution in [0.4, 0.5) is 13.2 Å². The van der Waals surface area contributed by atoms with Crippen molar-refractivity contribution >= 4 is 5.91 Å². The third-order valence-electron chi connectivity index (χ3n) is 2.96. The van der Waals surface area contributed by atoms with Crippen LogP contribution < -0.4 is 5.73 Å². The number of rotatable bonds is 4. The second kappa shape index (κ2) is 5.82. The zero-order valence-corrected chi connectivity index (χ0v) is 11.9. The number of halogens is 3. The monoisotopic (exact) mass is 292 g/mol. The Hall–Kier alpha value is -1.57. The first-order chi connectivity index (χ1) is 9.04. The van der Waals surface area contributed by atoms with Crippen molar-refractivity contribution in [3.8, 4) is 0 Å². The Morgan fingerprint density at radius 2 is 2.05 bits per heavy atom. The van der Waals surface area contributed by atoms with Crippen LogP contribution in [-0.4, -0.2) is 33.7 Å². The summed E-state index contributed by atoms with van der Waals surface area (Å²) in [4.78, 5) is 13.1. The number of hydrogen-bond acceptors (Lipinski definition) is 3. The Kier molecular flexibility index (Phi) is 4.80. The SMILES string of the molecule is CC(C)[C@H](N)C(=O)N(C)Cc1cn(C)nc1C(F)(F)F. The summed E-state index contributed by atoms with van der Waals surface area (Å²) in [6, 6.07) is -0.731. The molecule has 8 heteroatoms. The molecule has 0 aliphatic carbocycles. The predicted molar refractivity (Wildman–Crippen MR) is 67.5 cm³/mol. The van der Waals surface area contributed by atoms with Gasteiger partial charge in [-0.1, -0.05) is 13.8 Å². The lowest BCUT2D eigenvalue weighted by Gasteiger charge is -2.23. The van der Waals surface area contributed by atoms with Crippen molar-refractivity contribution in [3.63, 3.8) is 0 Å². The normalized spacial score (nSPS) is 13.7.